The molecule has 2 aromatic carbocycles. The molecule has 3 aromatic rings. The van der Waals surface area contributed by atoms with Crippen LogP contribution in [0.5, 0.6) is 11.5 Å². The maximum atomic E-state index is 12.6. The van der Waals surface area contributed by atoms with Crippen molar-refractivity contribution in [1.29, 1.82) is 0 Å². The second kappa shape index (κ2) is 7.37. The van der Waals surface area contributed by atoms with Gasteiger partial charge in [-0.3, -0.25) is 9.78 Å². The number of ether oxygens (including phenoxy) is 2. The van der Waals surface area contributed by atoms with E-state index in [0.717, 1.165) is 16.9 Å². The molecule has 0 aliphatic carbocycles. The highest BCUT2D eigenvalue weighted by atomic mass is 16.6. The van der Waals surface area contributed by atoms with E-state index >= 15 is 0 Å². The van der Waals surface area contributed by atoms with E-state index in [2.05, 4.69) is 15.6 Å². The van der Waals surface area contributed by atoms with Gasteiger partial charge < -0.3 is 20.1 Å². The van der Waals surface area contributed by atoms with Gasteiger partial charge in [-0.2, -0.15) is 0 Å². The van der Waals surface area contributed by atoms with Gasteiger partial charge in [0.25, 0.3) is 5.91 Å². The van der Waals surface area contributed by atoms with Crippen molar-refractivity contribution in [2.24, 2.45) is 0 Å². The Balaban J connectivity index is 1.49. The van der Waals surface area contributed by atoms with Crippen LogP contribution in [0.2, 0.25) is 0 Å². The fourth-order valence-corrected chi connectivity index (χ4v) is 2.85. The molecule has 0 saturated heterocycles. The van der Waals surface area contributed by atoms with Gasteiger partial charge >= 0.3 is 0 Å². The first-order chi connectivity index (χ1) is 13.2. The van der Waals surface area contributed by atoms with Gasteiger partial charge in [-0.15, -0.1) is 0 Å². The molecule has 1 aliphatic rings. The monoisotopic (exact) mass is 361 g/mol. The highest BCUT2D eigenvalue weighted by Gasteiger charge is 2.14. The van der Waals surface area contributed by atoms with Gasteiger partial charge in [-0.1, -0.05) is 12.1 Å². The number of fused-ring (bicyclic) bond motifs is 1. The Bertz CT molecular complexity index is 988. The van der Waals surface area contributed by atoms with E-state index in [0.29, 0.717) is 36.0 Å². The number of carbonyl (C=O) groups is 1. The largest absolute Gasteiger partial charge is 0.486 e. The van der Waals surface area contributed by atoms with Crippen molar-refractivity contribution >= 4 is 23.0 Å². The van der Waals surface area contributed by atoms with Gasteiger partial charge in [0.1, 0.15) is 13.2 Å². The highest BCUT2D eigenvalue weighted by molar-refractivity contribution is 6.04. The lowest BCUT2D eigenvalue weighted by atomic mass is 10.2. The summed E-state index contributed by atoms with van der Waals surface area (Å²) in [6, 6.07) is 15.1. The summed E-state index contributed by atoms with van der Waals surface area (Å²) in [6.07, 6.45) is 3.22. The van der Waals surface area contributed by atoms with Crippen LogP contribution in [-0.2, 0) is 0 Å². The first-order valence-electron chi connectivity index (χ1n) is 8.67. The van der Waals surface area contributed by atoms with E-state index in [4.69, 9.17) is 9.47 Å². The van der Waals surface area contributed by atoms with Crippen molar-refractivity contribution in [3.63, 3.8) is 0 Å². The minimum absolute atomic E-state index is 0.243. The van der Waals surface area contributed by atoms with Crippen LogP contribution in [0.3, 0.4) is 0 Å². The Morgan fingerprint density at radius 1 is 0.926 bits per heavy atom. The number of aromatic nitrogens is 1. The summed E-state index contributed by atoms with van der Waals surface area (Å²) in [6.45, 7) is 3.06. The van der Waals surface area contributed by atoms with Crippen LogP contribution < -0.4 is 20.1 Å². The molecule has 0 bridgehead atoms. The molecule has 0 spiro atoms. The van der Waals surface area contributed by atoms with E-state index in [1.165, 1.54) is 6.20 Å². The molecule has 2 N–H and O–H groups in total. The number of nitrogens with zero attached hydrogens (tertiary/aromatic N) is 1. The molecular weight excluding hydrogens is 342 g/mol. The molecule has 1 amide bonds. The van der Waals surface area contributed by atoms with Crippen LogP contribution in [0.25, 0.3) is 0 Å². The summed E-state index contributed by atoms with van der Waals surface area (Å²) >= 11 is 0. The smallest absolute Gasteiger partial charge is 0.257 e. The van der Waals surface area contributed by atoms with Crippen LogP contribution >= 0.6 is 0 Å². The Morgan fingerprint density at radius 2 is 1.78 bits per heavy atom. The first-order valence-corrected chi connectivity index (χ1v) is 8.67. The molecule has 27 heavy (non-hydrogen) atoms. The van der Waals surface area contributed by atoms with E-state index in [1.54, 1.807) is 30.5 Å². The first kappa shape index (κ1) is 16.9. The van der Waals surface area contributed by atoms with E-state index < -0.39 is 0 Å². The van der Waals surface area contributed by atoms with Gasteiger partial charge in [-0.25, -0.2) is 0 Å². The third-order valence-corrected chi connectivity index (χ3v) is 4.11. The molecule has 6 heteroatoms. The minimum atomic E-state index is -0.243. The fraction of sp³-hybridized carbons (Fsp3) is 0.143. The van der Waals surface area contributed by atoms with Crippen molar-refractivity contribution in [2.75, 3.05) is 23.8 Å². The maximum Gasteiger partial charge on any atom is 0.257 e. The Morgan fingerprint density at radius 3 is 2.63 bits per heavy atom. The summed E-state index contributed by atoms with van der Waals surface area (Å²) in [4.78, 5) is 16.8. The predicted molar refractivity (Wildman–Crippen MR) is 104 cm³/mol. The summed E-state index contributed by atoms with van der Waals surface area (Å²) in [5, 5.41) is 6.13. The Labute approximate surface area is 157 Å². The standard InChI is InChI=1S/C21H19N3O3/c1-14-3-2-4-16(9-14)23-18-10-15(12-22-13-18)21(25)24-17-5-6-19-20(11-17)27-8-7-26-19/h2-6,9-13,23H,7-8H2,1H3,(H,24,25). The molecule has 0 atom stereocenters. The van der Waals surface area contributed by atoms with E-state index in [1.807, 2.05) is 31.2 Å². The molecule has 0 radical (unpaired) electrons. The van der Waals surface area contributed by atoms with Crippen molar-refractivity contribution in [2.45, 2.75) is 6.92 Å². The third kappa shape index (κ3) is 4.00. The molecule has 4 rings (SSSR count). The van der Waals surface area contributed by atoms with Crippen molar-refractivity contribution < 1.29 is 14.3 Å². The average Bonchev–Trinajstić information content (AvgIpc) is 2.68. The summed E-state index contributed by atoms with van der Waals surface area (Å²) in [5.41, 5.74) is 3.95. The summed E-state index contributed by atoms with van der Waals surface area (Å²) in [7, 11) is 0. The van der Waals surface area contributed by atoms with Crippen LogP contribution in [0.1, 0.15) is 15.9 Å². The Hall–Kier alpha value is -3.54. The minimum Gasteiger partial charge on any atom is -0.486 e. The lowest BCUT2D eigenvalue weighted by Crippen LogP contribution is -2.16. The number of carbonyl (C=O) groups excluding carboxylic acids is 1. The van der Waals surface area contributed by atoms with Crippen molar-refractivity contribution in [1.82, 2.24) is 4.98 Å². The fourth-order valence-electron chi connectivity index (χ4n) is 2.85. The molecule has 2 heterocycles. The zero-order valence-electron chi connectivity index (χ0n) is 14.9. The molecule has 1 aromatic heterocycles. The molecule has 1 aliphatic heterocycles. The van der Waals surface area contributed by atoms with Crippen LogP contribution in [0.15, 0.2) is 60.9 Å². The topological polar surface area (TPSA) is 72.5 Å². The van der Waals surface area contributed by atoms with E-state index in [9.17, 15) is 4.79 Å². The number of nitrogens with one attached hydrogen (secondary N) is 2. The van der Waals surface area contributed by atoms with Crippen LogP contribution in [0.4, 0.5) is 17.1 Å². The van der Waals surface area contributed by atoms with Gasteiger partial charge in [0.2, 0.25) is 0 Å². The van der Waals surface area contributed by atoms with Gasteiger partial charge in [-0.05, 0) is 42.8 Å². The average molecular weight is 361 g/mol. The Kier molecular flexibility index (Phi) is 4.61. The molecule has 136 valence electrons. The highest BCUT2D eigenvalue weighted by Crippen LogP contribution is 2.32. The SMILES string of the molecule is Cc1cccc(Nc2cncc(C(=O)Nc3ccc4c(c3)OCCO4)c2)c1. The summed E-state index contributed by atoms with van der Waals surface area (Å²) < 4.78 is 11.0. The maximum absolute atomic E-state index is 12.6. The predicted octanol–water partition coefficient (Wildman–Crippen LogP) is 4.16. The molecule has 0 fully saturated rings. The number of hydrogen-bond acceptors (Lipinski definition) is 5. The molecule has 6 nitrogen and oxygen atoms in total. The van der Waals surface area contributed by atoms with Crippen molar-refractivity contribution in [3.8, 4) is 11.5 Å². The van der Waals surface area contributed by atoms with Gasteiger partial charge in [0.15, 0.2) is 11.5 Å². The number of aryl methyl sites for hydroxylation is 1. The lowest BCUT2D eigenvalue weighted by molar-refractivity contribution is 0.102. The number of pyridine rings is 1. The van der Waals surface area contributed by atoms with Crippen molar-refractivity contribution in [3.05, 3.63) is 72.1 Å². The van der Waals surface area contributed by atoms with Crippen LogP contribution in [-0.4, -0.2) is 24.1 Å². The van der Waals surface area contributed by atoms with E-state index in [-0.39, 0.29) is 5.91 Å². The number of amides is 1. The summed E-state index contributed by atoms with van der Waals surface area (Å²) in [5.74, 6) is 1.07. The van der Waals surface area contributed by atoms with Gasteiger partial charge in [0, 0.05) is 23.6 Å². The van der Waals surface area contributed by atoms with Gasteiger partial charge in [0.05, 0.1) is 17.4 Å². The number of benzene rings is 2. The van der Waals surface area contributed by atoms with Crippen LogP contribution in [0, 0.1) is 6.92 Å². The lowest BCUT2D eigenvalue weighted by Gasteiger charge is -2.19. The zero-order chi connectivity index (χ0) is 18.6. The second-order valence-corrected chi connectivity index (χ2v) is 6.27. The number of anilines is 3. The quantitative estimate of drug-likeness (QED) is 0.730. The molecular formula is C21H19N3O3. The second-order valence-electron chi connectivity index (χ2n) is 6.27. The zero-order valence-corrected chi connectivity index (χ0v) is 14.9. The number of rotatable bonds is 4. The molecule has 0 unspecified atom stereocenters. The number of hydrogen-bond donors (Lipinski definition) is 2. The third-order valence-electron chi connectivity index (χ3n) is 4.11. The molecule has 0 saturated carbocycles. The normalized spacial score (nSPS) is 12.3.